The Bertz CT molecular complexity index is 388. The lowest BCUT2D eigenvalue weighted by atomic mass is 10.1. The van der Waals surface area contributed by atoms with E-state index >= 15 is 0 Å². The molecule has 0 heterocycles. The van der Waals surface area contributed by atoms with Gasteiger partial charge in [0.15, 0.2) is 0 Å². The molecular weight excluding hydrogens is 275 g/mol. The second-order valence-electron chi connectivity index (χ2n) is 4.24. The van der Waals surface area contributed by atoms with E-state index in [0.717, 1.165) is 24.8 Å². The van der Waals surface area contributed by atoms with Crippen LogP contribution >= 0.6 is 23.2 Å². The van der Waals surface area contributed by atoms with Crippen LogP contribution in [-0.2, 0) is 11.2 Å². The molecule has 0 bridgehead atoms. The molecule has 5 heteroatoms. The molecule has 0 aliphatic rings. The Morgan fingerprint density at radius 3 is 2.28 bits per heavy atom. The SMILES string of the molecule is O=C(O)C(Cl)(Cl)CCCCCc1ccc(O)cc1. The van der Waals surface area contributed by atoms with Crippen molar-refractivity contribution in [3.63, 3.8) is 0 Å². The first-order valence-corrected chi connectivity index (χ1v) is 6.56. The fourth-order valence-electron chi connectivity index (χ4n) is 1.62. The predicted molar refractivity (Wildman–Crippen MR) is 72.4 cm³/mol. The van der Waals surface area contributed by atoms with Crippen LogP contribution in [0.4, 0.5) is 0 Å². The number of aliphatic carboxylic acids is 1. The van der Waals surface area contributed by atoms with Gasteiger partial charge in [-0.1, -0.05) is 41.8 Å². The third kappa shape index (κ3) is 5.15. The zero-order valence-corrected chi connectivity index (χ0v) is 11.4. The third-order valence-corrected chi connectivity index (χ3v) is 3.41. The maximum Gasteiger partial charge on any atom is 0.340 e. The van der Waals surface area contributed by atoms with Crippen LogP contribution in [-0.4, -0.2) is 20.5 Å². The van der Waals surface area contributed by atoms with Gasteiger partial charge in [0.05, 0.1) is 0 Å². The molecule has 0 saturated carbocycles. The first-order valence-electron chi connectivity index (χ1n) is 5.81. The zero-order valence-electron chi connectivity index (χ0n) is 9.90. The number of hydrogen-bond acceptors (Lipinski definition) is 2. The standard InChI is InChI=1S/C13H16Cl2O3/c14-13(15,12(17)18)9-3-1-2-4-10-5-7-11(16)8-6-10/h5-8,16H,1-4,9H2,(H,17,18). The van der Waals surface area contributed by atoms with E-state index in [9.17, 15) is 4.79 Å². The number of alkyl halides is 2. The Hall–Kier alpha value is -0.930. The first kappa shape index (κ1) is 15.1. The number of phenols is 1. The summed E-state index contributed by atoms with van der Waals surface area (Å²) >= 11 is 11.2. The van der Waals surface area contributed by atoms with E-state index in [1.54, 1.807) is 12.1 Å². The molecule has 0 unspecified atom stereocenters. The predicted octanol–water partition coefficient (Wildman–Crippen LogP) is 3.75. The van der Waals surface area contributed by atoms with Crippen LogP contribution in [0.2, 0.25) is 0 Å². The first-order chi connectivity index (χ1) is 8.42. The number of halogens is 2. The molecule has 0 aliphatic heterocycles. The quantitative estimate of drug-likeness (QED) is 0.594. The maximum absolute atomic E-state index is 10.7. The van der Waals surface area contributed by atoms with Crippen molar-refractivity contribution < 1.29 is 15.0 Å². The topological polar surface area (TPSA) is 57.5 Å². The summed E-state index contributed by atoms with van der Waals surface area (Å²) in [5.41, 5.74) is 1.15. The average Bonchev–Trinajstić information content (AvgIpc) is 2.31. The molecule has 1 aromatic rings. The Labute approximate surface area is 116 Å². The average molecular weight is 291 g/mol. The van der Waals surface area contributed by atoms with Gasteiger partial charge in [-0.2, -0.15) is 0 Å². The van der Waals surface area contributed by atoms with Crippen LogP contribution in [0.1, 0.15) is 31.2 Å². The molecule has 1 aromatic carbocycles. The minimum absolute atomic E-state index is 0.251. The van der Waals surface area contributed by atoms with E-state index in [0.29, 0.717) is 6.42 Å². The molecule has 0 spiro atoms. The van der Waals surface area contributed by atoms with Gasteiger partial charge in [-0.05, 0) is 43.4 Å². The summed E-state index contributed by atoms with van der Waals surface area (Å²) in [6, 6.07) is 7.06. The van der Waals surface area contributed by atoms with Gasteiger partial charge in [-0.15, -0.1) is 0 Å². The molecule has 0 saturated heterocycles. The van der Waals surface area contributed by atoms with E-state index in [1.165, 1.54) is 0 Å². The fourth-order valence-corrected chi connectivity index (χ4v) is 1.89. The highest BCUT2D eigenvalue weighted by molar-refractivity contribution is 6.57. The summed E-state index contributed by atoms with van der Waals surface area (Å²) in [7, 11) is 0. The molecular formula is C13H16Cl2O3. The van der Waals surface area contributed by atoms with Crippen molar-refractivity contribution in [1.82, 2.24) is 0 Å². The number of rotatable bonds is 7. The van der Waals surface area contributed by atoms with Crippen molar-refractivity contribution in [3.8, 4) is 5.75 Å². The Balaban J connectivity index is 2.20. The second kappa shape index (κ2) is 6.86. The van der Waals surface area contributed by atoms with Gasteiger partial charge in [0.2, 0.25) is 4.33 Å². The molecule has 0 fully saturated rings. The number of hydrogen-bond donors (Lipinski definition) is 2. The molecule has 0 aliphatic carbocycles. The van der Waals surface area contributed by atoms with Crippen molar-refractivity contribution in [1.29, 1.82) is 0 Å². The van der Waals surface area contributed by atoms with Gasteiger partial charge in [0.25, 0.3) is 0 Å². The highest BCUT2D eigenvalue weighted by atomic mass is 35.5. The van der Waals surface area contributed by atoms with Crippen molar-refractivity contribution >= 4 is 29.2 Å². The Kier molecular flexibility index (Phi) is 5.76. The van der Waals surface area contributed by atoms with Crippen molar-refractivity contribution in [2.75, 3.05) is 0 Å². The Morgan fingerprint density at radius 1 is 1.11 bits per heavy atom. The van der Waals surface area contributed by atoms with Gasteiger partial charge in [0.1, 0.15) is 5.75 Å². The number of carboxylic acid groups (broad SMARTS) is 1. The zero-order chi connectivity index (χ0) is 13.6. The minimum atomic E-state index is -1.67. The van der Waals surface area contributed by atoms with Crippen molar-refractivity contribution in [2.24, 2.45) is 0 Å². The number of phenolic OH excluding ortho intramolecular Hbond substituents is 1. The van der Waals surface area contributed by atoms with Crippen LogP contribution in [0.25, 0.3) is 0 Å². The van der Waals surface area contributed by atoms with Crippen LogP contribution in [0.5, 0.6) is 5.75 Å². The van der Waals surface area contributed by atoms with Gasteiger partial charge >= 0.3 is 5.97 Å². The van der Waals surface area contributed by atoms with Gasteiger partial charge < -0.3 is 10.2 Å². The third-order valence-electron chi connectivity index (χ3n) is 2.71. The molecule has 100 valence electrons. The van der Waals surface area contributed by atoms with Gasteiger partial charge in [-0.3, -0.25) is 0 Å². The van der Waals surface area contributed by atoms with E-state index in [1.807, 2.05) is 12.1 Å². The van der Waals surface area contributed by atoms with Crippen LogP contribution < -0.4 is 0 Å². The molecule has 2 N–H and O–H groups in total. The normalized spacial score (nSPS) is 11.4. The highest BCUT2D eigenvalue weighted by Gasteiger charge is 2.32. The van der Waals surface area contributed by atoms with Gasteiger partial charge in [-0.25, -0.2) is 4.79 Å². The summed E-state index contributed by atoms with van der Waals surface area (Å²) in [4.78, 5) is 10.7. The number of aromatic hydroxyl groups is 1. The second-order valence-corrected chi connectivity index (χ2v) is 5.72. The van der Waals surface area contributed by atoms with Crippen molar-refractivity contribution in [3.05, 3.63) is 29.8 Å². The molecule has 1 rings (SSSR count). The lowest BCUT2D eigenvalue weighted by Crippen LogP contribution is -2.25. The molecule has 18 heavy (non-hydrogen) atoms. The Morgan fingerprint density at radius 2 is 1.72 bits per heavy atom. The van der Waals surface area contributed by atoms with Gasteiger partial charge in [0, 0.05) is 0 Å². The molecule has 0 amide bonds. The number of benzene rings is 1. The lowest BCUT2D eigenvalue weighted by Gasteiger charge is -2.13. The summed E-state index contributed by atoms with van der Waals surface area (Å²) in [5, 5.41) is 17.8. The summed E-state index contributed by atoms with van der Waals surface area (Å²) in [5.74, 6) is -0.932. The highest BCUT2D eigenvalue weighted by Crippen LogP contribution is 2.28. The molecule has 3 nitrogen and oxygen atoms in total. The summed E-state index contributed by atoms with van der Waals surface area (Å²) < 4.78 is -1.67. The molecule has 0 atom stereocenters. The minimum Gasteiger partial charge on any atom is -0.508 e. The number of aryl methyl sites for hydroxylation is 1. The van der Waals surface area contributed by atoms with E-state index in [4.69, 9.17) is 33.4 Å². The van der Waals surface area contributed by atoms with E-state index in [2.05, 4.69) is 0 Å². The largest absolute Gasteiger partial charge is 0.508 e. The summed E-state index contributed by atoms with van der Waals surface area (Å²) in [6.45, 7) is 0. The molecule has 0 radical (unpaired) electrons. The van der Waals surface area contributed by atoms with Crippen LogP contribution in [0.3, 0.4) is 0 Å². The lowest BCUT2D eigenvalue weighted by molar-refractivity contribution is -0.138. The monoisotopic (exact) mass is 290 g/mol. The number of carbonyl (C=O) groups is 1. The maximum atomic E-state index is 10.7. The van der Waals surface area contributed by atoms with Crippen LogP contribution in [0, 0.1) is 0 Å². The summed E-state index contributed by atoms with van der Waals surface area (Å²) in [6.07, 6.45) is 3.63. The van der Waals surface area contributed by atoms with Crippen molar-refractivity contribution in [2.45, 2.75) is 36.4 Å². The fraction of sp³-hybridized carbons (Fsp3) is 0.462. The van der Waals surface area contributed by atoms with Crippen LogP contribution in [0.15, 0.2) is 24.3 Å². The smallest absolute Gasteiger partial charge is 0.340 e. The van der Waals surface area contributed by atoms with E-state index in [-0.39, 0.29) is 12.2 Å². The number of unbranched alkanes of at least 4 members (excludes halogenated alkanes) is 2. The number of carboxylic acids is 1. The molecule has 0 aromatic heterocycles. The van der Waals surface area contributed by atoms with E-state index < -0.39 is 10.3 Å².